The summed E-state index contributed by atoms with van der Waals surface area (Å²) in [5.74, 6) is 0.635. The lowest BCUT2D eigenvalue weighted by atomic mass is 10.0. The summed E-state index contributed by atoms with van der Waals surface area (Å²) in [6.45, 7) is 13.5. The number of aliphatic hydroxyl groups excluding tert-OH is 1. The third kappa shape index (κ3) is 4.43. The zero-order chi connectivity index (χ0) is 13.7. The average Bonchev–Trinajstić information content (AvgIpc) is 2.30. The molecule has 2 heteroatoms. The van der Waals surface area contributed by atoms with Gasteiger partial charge >= 0.3 is 0 Å². The number of aryl methyl sites for hydroxylation is 2. The second kappa shape index (κ2) is 6.91. The van der Waals surface area contributed by atoms with E-state index in [4.69, 9.17) is 0 Å². The number of rotatable bonds is 6. The molecule has 0 aliphatic rings. The lowest BCUT2D eigenvalue weighted by molar-refractivity contribution is 0.109. The highest BCUT2D eigenvalue weighted by Gasteiger charge is 2.15. The van der Waals surface area contributed by atoms with Gasteiger partial charge in [0.25, 0.3) is 0 Å². The van der Waals surface area contributed by atoms with Gasteiger partial charge in [0.1, 0.15) is 0 Å². The molecule has 0 heterocycles. The van der Waals surface area contributed by atoms with Gasteiger partial charge in [-0.1, -0.05) is 44.5 Å². The highest BCUT2D eigenvalue weighted by molar-refractivity contribution is 5.32. The van der Waals surface area contributed by atoms with Gasteiger partial charge in [-0.2, -0.15) is 0 Å². The largest absolute Gasteiger partial charge is 0.387 e. The molecule has 18 heavy (non-hydrogen) atoms. The number of likely N-dealkylation sites (N-methyl/N-ethyl adjacent to an activating group) is 1. The minimum Gasteiger partial charge on any atom is -0.387 e. The van der Waals surface area contributed by atoms with Crippen molar-refractivity contribution in [1.29, 1.82) is 0 Å². The van der Waals surface area contributed by atoms with Crippen molar-refractivity contribution in [3.05, 3.63) is 34.9 Å². The highest BCUT2D eigenvalue weighted by atomic mass is 16.3. The minimum atomic E-state index is -0.386. The lowest BCUT2D eigenvalue weighted by Crippen LogP contribution is -2.32. The molecule has 0 aliphatic carbocycles. The Morgan fingerprint density at radius 2 is 1.83 bits per heavy atom. The molecule has 0 saturated carbocycles. The van der Waals surface area contributed by atoms with Gasteiger partial charge in [0.15, 0.2) is 0 Å². The third-order valence-electron chi connectivity index (χ3n) is 3.30. The maximum Gasteiger partial charge on any atom is 0.0919 e. The van der Waals surface area contributed by atoms with Crippen LogP contribution >= 0.6 is 0 Å². The molecule has 0 saturated heterocycles. The molecule has 0 radical (unpaired) electrons. The molecule has 0 aromatic heterocycles. The van der Waals surface area contributed by atoms with E-state index in [-0.39, 0.29) is 6.10 Å². The van der Waals surface area contributed by atoms with E-state index in [0.29, 0.717) is 5.92 Å². The Labute approximate surface area is 112 Å². The fourth-order valence-corrected chi connectivity index (χ4v) is 2.31. The molecule has 0 spiro atoms. The van der Waals surface area contributed by atoms with Crippen LogP contribution in [0.25, 0.3) is 0 Å². The molecule has 0 fully saturated rings. The number of hydrogen-bond donors (Lipinski definition) is 1. The van der Waals surface area contributed by atoms with Crippen LogP contribution in [0.1, 0.15) is 43.6 Å². The molecule has 1 aromatic carbocycles. The summed E-state index contributed by atoms with van der Waals surface area (Å²) in [5, 5.41) is 10.4. The van der Waals surface area contributed by atoms with Gasteiger partial charge in [0.2, 0.25) is 0 Å². The summed E-state index contributed by atoms with van der Waals surface area (Å²) in [7, 11) is 0. The standard InChI is InChI=1S/C16H27NO/c1-6-17(10-12(2)3)11-16(18)15-9-13(4)7-8-14(15)5/h7-9,12,16,18H,6,10-11H2,1-5H3. The summed E-state index contributed by atoms with van der Waals surface area (Å²) >= 11 is 0. The topological polar surface area (TPSA) is 23.5 Å². The van der Waals surface area contributed by atoms with E-state index in [9.17, 15) is 5.11 Å². The predicted molar refractivity (Wildman–Crippen MR) is 77.8 cm³/mol. The van der Waals surface area contributed by atoms with E-state index < -0.39 is 0 Å². The Bertz CT molecular complexity index is 373. The normalized spacial score (nSPS) is 13.3. The van der Waals surface area contributed by atoms with Gasteiger partial charge in [0, 0.05) is 13.1 Å². The second-order valence-corrected chi connectivity index (χ2v) is 5.62. The van der Waals surface area contributed by atoms with Crippen molar-refractivity contribution in [2.24, 2.45) is 5.92 Å². The molecule has 1 rings (SSSR count). The van der Waals surface area contributed by atoms with Gasteiger partial charge in [0.05, 0.1) is 6.10 Å². The Morgan fingerprint density at radius 1 is 1.17 bits per heavy atom. The molecule has 1 aromatic rings. The van der Waals surface area contributed by atoms with Crippen molar-refractivity contribution in [3.63, 3.8) is 0 Å². The van der Waals surface area contributed by atoms with E-state index in [1.54, 1.807) is 0 Å². The monoisotopic (exact) mass is 249 g/mol. The zero-order valence-electron chi connectivity index (χ0n) is 12.4. The molecule has 1 unspecified atom stereocenters. The van der Waals surface area contributed by atoms with Crippen LogP contribution in [-0.4, -0.2) is 29.6 Å². The molecule has 1 atom stereocenters. The number of nitrogens with zero attached hydrogens (tertiary/aromatic N) is 1. The van der Waals surface area contributed by atoms with Crippen molar-refractivity contribution >= 4 is 0 Å². The van der Waals surface area contributed by atoms with Gasteiger partial charge < -0.3 is 10.0 Å². The third-order valence-corrected chi connectivity index (χ3v) is 3.30. The summed E-state index contributed by atoms with van der Waals surface area (Å²) < 4.78 is 0. The summed E-state index contributed by atoms with van der Waals surface area (Å²) in [6, 6.07) is 6.28. The fraction of sp³-hybridized carbons (Fsp3) is 0.625. The number of aliphatic hydroxyl groups is 1. The molecule has 2 nitrogen and oxygen atoms in total. The van der Waals surface area contributed by atoms with Crippen LogP contribution in [0.15, 0.2) is 18.2 Å². The van der Waals surface area contributed by atoms with Gasteiger partial charge in [-0.05, 0) is 37.4 Å². The first-order valence-electron chi connectivity index (χ1n) is 6.91. The van der Waals surface area contributed by atoms with Crippen LogP contribution in [0.5, 0.6) is 0 Å². The second-order valence-electron chi connectivity index (χ2n) is 5.62. The van der Waals surface area contributed by atoms with Crippen molar-refractivity contribution < 1.29 is 5.11 Å². The fourth-order valence-electron chi connectivity index (χ4n) is 2.31. The predicted octanol–water partition coefficient (Wildman–Crippen LogP) is 3.31. The maximum absolute atomic E-state index is 10.4. The molecule has 0 aliphatic heterocycles. The first-order valence-corrected chi connectivity index (χ1v) is 6.91. The van der Waals surface area contributed by atoms with Crippen molar-refractivity contribution in [3.8, 4) is 0 Å². The molecule has 1 N–H and O–H groups in total. The molecule has 0 bridgehead atoms. The Balaban J connectivity index is 2.74. The molecule has 102 valence electrons. The van der Waals surface area contributed by atoms with Crippen LogP contribution in [0, 0.1) is 19.8 Å². The Hall–Kier alpha value is -0.860. The van der Waals surface area contributed by atoms with Crippen molar-refractivity contribution in [2.75, 3.05) is 19.6 Å². The van der Waals surface area contributed by atoms with E-state index in [0.717, 1.165) is 25.2 Å². The van der Waals surface area contributed by atoms with Crippen LogP contribution in [-0.2, 0) is 0 Å². The van der Waals surface area contributed by atoms with Crippen molar-refractivity contribution in [1.82, 2.24) is 4.90 Å². The smallest absolute Gasteiger partial charge is 0.0919 e. The Kier molecular flexibility index (Phi) is 5.83. The zero-order valence-corrected chi connectivity index (χ0v) is 12.4. The van der Waals surface area contributed by atoms with Gasteiger partial charge in [-0.15, -0.1) is 0 Å². The number of hydrogen-bond acceptors (Lipinski definition) is 2. The highest BCUT2D eigenvalue weighted by Crippen LogP contribution is 2.20. The van der Waals surface area contributed by atoms with Crippen LogP contribution in [0.4, 0.5) is 0 Å². The summed E-state index contributed by atoms with van der Waals surface area (Å²) in [6.07, 6.45) is -0.386. The first kappa shape index (κ1) is 15.2. The SMILES string of the molecule is CCN(CC(C)C)CC(O)c1cc(C)ccc1C. The summed E-state index contributed by atoms with van der Waals surface area (Å²) in [5.41, 5.74) is 3.45. The quantitative estimate of drug-likeness (QED) is 0.836. The Morgan fingerprint density at radius 3 is 2.39 bits per heavy atom. The molecule has 0 amide bonds. The molecular weight excluding hydrogens is 222 g/mol. The lowest BCUT2D eigenvalue weighted by Gasteiger charge is -2.26. The minimum absolute atomic E-state index is 0.386. The van der Waals surface area contributed by atoms with E-state index in [1.165, 1.54) is 11.1 Å². The van der Waals surface area contributed by atoms with Crippen LogP contribution < -0.4 is 0 Å². The molecular formula is C16H27NO. The average molecular weight is 249 g/mol. The van der Waals surface area contributed by atoms with Crippen molar-refractivity contribution in [2.45, 2.75) is 40.7 Å². The number of benzene rings is 1. The van der Waals surface area contributed by atoms with Crippen LogP contribution in [0.3, 0.4) is 0 Å². The van der Waals surface area contributed by atoms with E-state index >= 15 is 0 Å². The van der Waals surface area contributed by atoms with Gasteiger partial charge in [-0.3, -0.25) is 0 Å². The summed E-state index contributed by atoms with van der Waals surface area (Å²) in [4.78, 5) is 2.32. The van der Waals surface area contributed by atoms with E-state index in [2.05, 4.69) is 57.7 Å². The maximum atomic E-state index is 10.4. The van der Waals surface area contributed by atoms with E-state index in [1.807, 2.05) is 0 Å². The van der Waals surface area contributed by atoms with Gasteiger partial charge in [-0.25, -0.2) is 0 Å². The van der Waals surface area contributed by atoms with Crippen LogP contribution in [0.2, 0.25) is 0 Å². The first-order chi connectivity index (χ1) is 8.43.